The maximum Gasteiger partial charge on any atom is 0.128 e. The zero-order chi connectivity index (χ0) is 13.9. The first kappa shape index (κ1) is 13.3. The van der Waals surface area contributed by atoms with E-state index in [4.69, 9.17) is 0 Å². The Labute approximate surface area is 119 Å². The third kappa shape index (κ3) is 2.34. The zero-order valence-corrected chi connectivity index (χ0v) is 11.6. The van der Waals surface area contributed by atoms with Gasteiger partial charge in [0.15, 0.2) is 0 Å². The fourth-order valence-electron chi connectivity index (χ4n) is 3.18. The molecule has 0 saturated carbocycles. The first-order valence-corrected chi connectivity index (χ1v) is 7.23. The third-order valence-corrected chi connectivity index (χ3v) is 4.07. The van der Waals surface area contributed by atoms with E-state index in [-0.39, 0.29) is 17.8 Å². The van der Waals surface area contributed by atoms with E-state index in [1.807, 2.05) is 24.4 Å². The van der Waals surface area contributed by atoms with Crippen LogP contribution in [0.25, 0.3) is 0 Å². The maximum atomic E-state index is 14.1. The number of benzene rings is 1. The molecule has 2 atom stereocenters. The Kier molecular flexibility index (Phi) is 3.79. The first-order chi connectivity index (χ1) is 9.81. The summed E-state index contributed by atoms with van der Waals surface area (Å²) >= 11 is 0. The van der Waals surface area contributed by atoms with Crippen molar-refractivity contribution < 1.29 is 4.39 Å². The van der Waals surface area contributed by atoms with Gasteiger partial charge in [-0.15, -0.1) is 0 Å². The second-order valence-electron chi connectivity index (χ2n) is 5.25. The summed E-state index contributed by atoms with van der Waals surface area (Å²) in [6.45, 7) is 2.87. The second kappa shape index (κ2) is 5.71. The molecular formula is C17H19FN2. The number of nitrogens with one attached hydrogen (secondary N) is 1. The number of likely N-dealkylation sites (N-methyl/N-ethyl adjacent to an activating group) is 1. The van der Waals surface area contributed by atoms with E-state index >= 15 is 0 Å². The van der Waals surface area contributed by atoms with E-state index in [0.29, 0.717) is 0 Å². The van der Waals surface area contributed by atoms with Gasteiger partial charge >= 0.3 is 0 Å². The van der Waals surface area contributed by atoms with Crippen LogP contribution in [0.15, 0.2) is 42.6 Å². The molecule has 1 heterocycles. The molecule has 1 aliphatic carbocycles. The van der Waals surface area contributed by atoms with Gasteiger partial charge in [-0.2, -0.15) is 0 Å². The van der Waals surface area contributed by atoms with Crippen molar-refractivity contribution in [2.24, 2.45) is 0 Å². The van der Waals surface area contributed by atoms with Crippen LogP contribution in [-0.2, 0) is 6.42 Å². The van der Waals surface area contributed by atoms with Gasteiger partial charge in [-0.05, 0) is 37.1 Å². The van der Waals surface area contributed by atoms with Crippen LogP contribution in [0.1, 0.15) is 42.1 Å². The highest BCUT2D eigenvalue weighted by atomic mass is 19.1. The van der Waals surface area contributed by atoms with Gasteiger partial charge in [0, 0.05) is 29.4 Å². The minimum atomic E-state index is -0.136. The quantitative estimate of drug-likeness (QED) is 0.918. The number of fused-ring (bicyclic) bond motifs is 1. The summed E-state index contributed by atoms with van der Waals surface area (Å²) in [7, 11) is 0. The molecule has 1 N–H and O–H groups in total. The van der Waals surface area contributed by atoms with Gasteiger partial charge in [-0.1, -0.05) is 31.2 Å². The molecule has 0 fully saturated rings. The van der Waals surface area contributed by atoms with Crippen molar-refractivity contribution in [1.82, 2.24) is 10.3 Å². The fourth-order valence-corrected chi connectivity index (χ4v) is 3.18. The van der Waals surface area contributed by atoms with E-state index in [1.54, 1.807) is 6.07 Å². The standard InChI is InChI=1S/C17H19FN2/c1-2-19-17(13-7-3-4-8-15(13)18)14-10-9-12-6-5-11-20-16(12)14/h3-8,11,14,17,19H,2,9-10H2,1H3. The molecule has 2 unspecified atom stereocenters. The molecule has 0 saturated heterocycles. The number of halogens is 1. The summed E-state index contributed by atoms with van der Waals surface area (Å²) in [4.78, 5) is 4.54. The van der Waals surface area contributed by atoms with Gasteiger partial charge in [0.1, 0.15) is 5.82 Å². The second-order valence-corrected chi connectivity index (χ2v) is 5.25. The highest BCUT2D eigenvalue weighted by molar-refractivity contribution is 5.34. The van der Waals surface area contributed by atoms with Gasteiger partial charge in [0.2, 0.25) is 0 Å². The Morgan fingerprint density at radius 2 is 2.15 bits per heavy atom. The molecule has 3 rings (SSSR count). The van der Waals surface area contributed by atoms with Crippen molar-refractivity contribution in [3.63, 3.8) is 0 Å². The van der Waals surface area contributed by atoms with Crippen molar-refractivity contribution in [3.05, 3.63) is 65.2 Å². The molecule has 0 aliphatic heterocycles. The van der Waals surface area contributed by atoms with E-state index in [0.717, 1.165) is 30.6 Å². The number of hydrogen-bond acceptors (Lipinski definition) is 2. The summed E-state index contributed by atoms with van der Waals surface area (Å²) in [5.74, 6) is 0.117. The first-order valence-electron chi connectivity index (χ1n) is 7.23. The SMILES string of the molecule is CCNC(c1ccccc1F)C1CCc2cccnc21. The fraction of sp³-hybridized carbons (Fsp3) is 0.353. The van der Waals surface area contributed by atoms with Crippen molar-refractivity contribution >= 4 is 0 Å². The minimum Gasteiger partial charge on any atom is -0.310 e. The van der Waals surface area contributed by atoms with Crippen LogP contribution in [0.5, 0.6) is 0 Å². The Balaban J connectivity index is 1.99. The number of aryl methyl sites for hydroxylation is 1. The van der Waals surface area contributed by atoms with Crippen LogP contribution in [-0.4, -0.2) is 11.5 Å². The van der Waals surface area contributed by atoms with Crippen molar-refractivity contribution in [2.45, 2.75) is 31.7 Å². The van der Waals surface area contributed by atoms with Crippen LogP contribution in [0.4, 0.5) is 4.39 Å². The number of hydrogen-bond donors (Lipinski definition) is 1. The number of aromatic nitrogens is 1. The normalized spacial score (nSPS) is 18.8. The van der Waals surface area contributed by atoms with Crippen LogP contribution >= 0.6 is 0 Å². The van der Waals surface area contributed by atoms with E-state index in [1.165, 1.54) is 11.6 Å². The molecule has 0 amide bonds. The highest BCUT2D eigenvalue weighted by Crippen LogP contribution is 2.40. The van der Waals surface area contributed by atoms with E-state index in [2.05, 4.69) is 23.3 Å². The molecule has 0 bridgehead atoms. The van der Waals surface area contributed by atoms with E-state index < -0.39 is 0 Å². The Morgan fingerprint density at radius 3 is 2.95 bits per heavy atom. The molecule has 1 aliphatic rings. The average Bonchev–Trinajstić information content (AvgIpc) is 2.90. The van der Waals surface area contributed by atoms with Crippen molar-refractivity contribution in [2.75, 3.05) is 6.54 Å². The minimum absolute atomic E-state index is 0.00245. The Morgan fingerprint density at radius 1 is 1.30 bits per heavy atom. The lowest BCUT2D eigenvalue weighted by atomic mass is 9.90. The van der Waals surface area contributed by atoms with Gasteiger partial charge in [-0.3, -0.25) is 4.98 Å². The summed E-state index contributed by atoms with van der Waals surface area (Å²) in [5.41, 5.74) is 3.18. The Hall–Kier alpha value is -1.74. The largest absolute Gasteiger partial charge is 0.310 e. The summed E-state index contributed by atoms with van der Waals surface area (Å²) in [6, 6.07) is 11.2. The molecule has 20 heavy (non-hydrogen) atoms. The van der Waals surface area contributed by atoms with Crippen molar-refractivity contribution in [3.8, 4) is 0 Å². The molecule has 3 heteroatoms. The van der Waals surface area contributed by atoms with Crippen molar-refractivity contribution in [1.29, 1.82) is 0 Å². The van der Waals surface area contributed by atoms with Gasteiger partial charge in [0.05, 0.1) is 0 Å². The molecule has 0 radical (unpaired) electrons. The van der Waals surface area contributed by atoms with Gasteiger partial charge < -0.3 is 5.32 Å². The number of rotatable bonds is 4. The molecule has 2 aromatic rings. The highest BCUT2D eigenvalue weighted by Gasteiger charge is 2.32. The predicted octanol–water partition coefficient (Wildman–Crippen LogP) is 3.60. The molecule has 2 nitrogen and oxygen atoms in total. The monoisotopic (exact) mass is 270 g/mol. The van der Waals surface area contributed by atoms with Gasteiger partial charge in [-0.25, -0.2) is 4.39 Å². The molecular weight excluding hydrogens is 251 g/mol. The Bertz CT molecular complexity index is 597. The smallest absolute Gasteiger partial charge is 0.128 e. The lowest BCUT2D eigenvalue weighted by Gasteiger charge is -2.25. The lowest BCUT2D eigenvalue weighted by molar-refractivity contribution is 0.429. The number of pyridine rings is 1. The lowest BCUT2D eigenvalue weighted by Crippen LogP contribution is -2.27. The number of nitrogens with zero attached hydrogens (tertiary/aromatic N) is 1. The van der Waals surface area contributed by atoms with Crippen LogP contribution in [0.2, 0.25) is 0 Å². The van der Waals surface area contributed by atoms with Crippen LogP contribution in [0.3, 0.4) is 0 Å². The topological polar surface area (TPSA) is 24.9 Å². The molecule has 104 valence electrons. The van der Waals surface area contributed by atoms with Crippen LogP contribution < -0.4 is 5.32 Å². The molecule has 1 aromatic carbocycles. The van der Waals surface area contributed by atoms with E-state index in [9.17, 15) is 4.39 Å². The molecule has 0 spiro atoms. The summed E-state index contributed by atoms with van der Waals surface area (Å²) in [6.07, 6.45) is 3.89. The summed E-state index contributed by atoms with van der Waals surface area (Å²) < 4.78 is 14.1. The van der Waals surface area contributed by atoms with Crippen LogP contribution in [0, 0.1) is 5.82 Å². The zero-order valence-electron chi connectivity index (χ0n) is 11.6. The molecule has 1 aromatic heterocycles. The summed E-state index contributed by atoms with van der Waals surface area (Å²) in [5, 5.41) is 3.44. The van der Waals surface area contributed by atoms with Gasteiger partial charge in [0.25, 0.3) is 0 Å². The maximum absolute atomic E-state index is 14.1. The predicted molar refractivity (Wildman–Crippen MR) is 78.1 cm³/mol. The third-order valence-electron chi connectivity index (χ3n) is 4.07. The average molecular weight is 270 g/mol.